The SMILES string of the molecule is CC1=C[C@@H](c2ccc(Cl)cc2Cl)[C@H](c2ccc(Cl)cc2)[C@@H]2CN(C(=O)OC(C)(C)C)C(=O)[C@@H]12.CC1=C[C@H](c2ccc(Cl)cc2Cl)[C@H](c2ccc(Cl)cc2)[C@@H]2CN(C(=O)OC(C)(C)C)C(=O)[C@H]12. The lowest BCUT2D eigenvalue weighted by Crippen LogP contribution is -2.38. The first-order chi connectivity index (χ1) is 30.9. The molecule has 2 aliphatic carbocycles. The molecule has 4 aliphatic rings. The molecule has 2 saturated heterocycles. The van der Waals surface area contributed by atoms with Crippen LogP contribution in [0.3, 0.4) is 0 Å². The zero-order chi connectivity index (χ0) is 48.2. The number of carbonyl (C=O) groups is 4. The first kappa shape index (κ1) is 49.9. The zero-order valence-corrected chi connectivity index (χ0v) is 42.4. The molecule has 8 nitrogen and oxygen atoms in total. The van der Waals surface area contributed by atoms with Crippen LogP contribution in [0.2, 0.25) is 30.1 Å². The monoisotopic (exact) mass is 1010 g/mol. The van der Waals surface area contributed by atoms with Crippen LogP contribution in [-0.4, -0.2) is 58.1 Å². The van der Waals surface area contributed by atoms with Gasteiger partial charge in [-0.25, -0.2) is 19.4 Å². The van der Waals surface area contributed by atoms with Crippen molar-refractivity contribution in [1.29, 1.82) is 0 Å². The van der Waals surface area contributed by atoms with Gasteiger partial charge in [0.15, 0.2) is 0 Å². The van der Waals surface area contributed by atoms with E-state index in [1.54, 1.807) is 53.7 Å². The quantitative estimate of drug-likeness (QED) is 0.189. The van der Waals surface area contributed by atoms with E-state index in [2.05, 4.69) is 12.2 Å². The van der Waals surface area contributed by atoms with Crippen molar-refractivity contribution in [2.75, 3.05) is 13.1 Å². The Bertz CT molecular complexity index is 2420. The van der Waals surface area contributed by atoms with Gasteiger partial charge in [0.25, 0.3) is 0 Å². The summed E-state index contributed by atoms with van der Waals surface area (Å²) in [5.74, 6) is -1.88. The van der Waals surface area contributed by atoms with Crippen molar-refractivity contribution in [1.82, 2.24) is 9.80 Å². The maximum Gasteiger partial charge on any atom is 0.417 e. The Hall–Kier alpha value is -4.02. The second-order valence-corrected chi connectivity index (χ2v) is 22.1. The van der Waals surface area contributed by atoms with Gasteiger partial charge in [-0.2, -0.15) is 0 Å². The summed E-state index contributed by atoms with van der Waals surface area (Å²) in [6.45, 7) is 15.2. The molecule has 14 heteroatoms. The van der Waals surface area contributed by atoms with Gasteiger partial charge in [0, 0.05) is 66.9 Å². The first-order valence-electron chi connectivity index (χ1n) is 21.8. The third-order valence-corrected chi connectivity index (χ3v) is 14.3. The van der Waals surface area contributed by atoms with Crippen LogP contribution >= 0.6 is 69.6 Å². The molecule has 0 bridgehead atoms. The summed E-state index contributed by atoms with van der Waals surface area (Å²) in [5.41, 5.74) is 4.41. The van der Waals surface area contributed by atoms with Gasteiger partial charge in [-0.3, -0.25) is 9.59 Å². The minimum atomic E-state index is -0.690. The molecular formula is C52H52Cl6N2O6. The lowest BCUT2D eigenvalue weighted by molar-refractivity contribution is -0.130. The van der Waals surface area contributed by atoms with Crippen molar-refractivity contribution in [3.05, 3.63) is 161 Å². The number of fused-ring (bicyclic) bond motifs is 2. The number of benzene rings is 4. The molecule has 66 heavy (non-hydrogen) atoms. The fraction of sp³-hybridized carbons (Fsp3) is 0.385. The molecule has 8 atom stereocenters. The van der Waals surface area contributed by atoms with Gasteiger partial charge in [-0.05, 0) is 138 Å². The molecule has 2 heterocycles. The summed E-state index contributed by atoms with van der Waals surface area (Å²) < 4.78 is 11.1. The van der Waals surface area contributed by atoms with Crippen LogP contribution < -0.4 is 0 Å². The summed E-state index contributed by atoms with van der Waals surface area (Å²) in [5, 5.41) is 3.54. The Morgan fingerprint density at radius 3 is 1.14 bits per heavy atom. The van der Waals surface area contributed by atoms with Crippen molar-refractivity contribution in [3.63, 3.8) is 0 Å². The van der Waals surface area contributed by atoms with E-state index in [4.69, 9.17) is 79.1 Å². The average molecular weight is 1010 g/mol. The van der Waals surface area contributed by atoms with Crippen molar-refractivity contribution in [2.45, 2.75) is 90.3 Å². The number of hydrogen-bond acceptors (Lipinski definition) is 6. The minimum Gasteiger partial charge on any atom is -0.443 e. The van der Waals surface area contributed by atoms with Crippen molar-refractivity contribution in [3.8, 4) is 0 Å². The first-order valence-corrected chi connectivity index (χ1v) is 24.1. The molecule has 0 aromatic heterocycles. The predicted octanol–water partition coefficient (Wildman–Crippen LogP) is 15.0. The van der Waals surface area contributed by atoms with E-state index in [9.17, 15) is 19.2 Å². The molecule has 0 N–H and O–H groups in total. The van der Waals surface area contributed by atoms with Crippen LogP contribution in [0.4, 0.5) is 9.59 Å². The van der Waals surface area contributed by atoms with E-state index < -0.39 is 35.2 Å². The van der Waals surface area contributed by atoms with E-state index in [1.165, 1.54) is 9.80 Å². The molecule has 0 saturated carbocycles. The maximum atomic E-state index is 13.4. The third-order valence-electron chi connectivity index (χ3n) is 12.7. The number of rotatable bonds is 4. The summed E-state index contributed by atoms with van der Waals surface area (Å²) in [6, 6.07) is 26.3. The number of imide groups is 2. The summed E-state index contributed by atoms with van der Waals surface area (Å²) in [7, 11) is 0. The molecular weight excluding hydrogens is 961 g/mol. The Balaban J connectivity index is 0.000000196. The Morgan fingerprint density at radius 2 is 0.833 bits per heavy atom. The number of likely N-dealkylation sites (tertiary alicyclic amines) is 2. The van der Waals surface area contributed by atoms with Gasteiger partial charge in [-0.1, -0.05) is 129 Å². The topological polar surface area (TPSA) is 93.2 Å². The molecule has 4 aromatic carbocycles. The van der Waals surface area contributed by atoms with Gasteiger partial charge in [0.1, 0.15) is 11.2 Å². The third kappa shape index (κ3) is 10.6. The van der Waals surface area contributed by atoms with Gasteiger partial charge >= 0.3 is 12.2 Å². The van der Waals surface area contributed by atoms with Crippen LogP contribution in [-0.2, 0) is 19.1 Å². The van der Waals surface area contributed by atoms with Crippen LogP contribution in [0.15, 0.2) is 108 Å². The number of allylic oxidation sites excluding steroid dienone is 2. The van der Waals surface area contributed by atoms with E-state index in [0.29, 0.717) is 30.1 Å². The van der Waals surface area contributed by atoms with E-state index >= 15 is 0 Å². The molecule has 348 valence electrons. The fourth-order valence-electron chi connectivity index (χ4n) is 10.1. The standard InChI is InChI=1S/2C26H26Cl3NO3/c2*1-14-11-19(18-10-9-17(28)12-21(18)29)23(15-5-7-16(27)8-6-15)20-13-30(24(31)22(14)20)25(32)33-26(2,3)4/h2*5-12,19-20,22-23H,13H2,1-4H3/t19-,20+,22-,23-;19-,20-,22-,23+/m01/s1. The van der Waals surface area contributed by atoms with Gasteiger partial charge in [-0.15, -0.1) is 0 Å². The van der Waals surface area contributed by atoms with Gasteiger partial charge < -0.3 is 9.47 Å². The van der Waals surface area contributed by atoms with Gasteiger partial charge in [0.05, 0.1) is 11.8 Å². The van der Waals surface area contributed by atoms with E-state index in [-0.39, 0.29) is 60.4 Å². The molecule has 2 aliphatic heterocycles. The zero-order valence-electron chi connectivity index (χ0n) is 37.9. The lowest BCUT2D eigenvalue weighted by Gasteiger charge is -2.38. The molecule has 0 spiro atoms. The fourth-order valence-corrected chi connectivity index (χ4v) is 11.4. The van der Waals surface area contributed by atoms with Crippen LogP contribution in [0.5, 0.6) is 0 Å². The van der Waals surface area contributed by atoms with E-state index in [1.807, 2.05) is 86.6 Å². The number of amides is 4. The van der Waals surface area contributed by atoms with E-state index in [0.717, 1.165) is 33.4 Å². The number of ether oxygens (including phenoxy) is 2. The largest absolute Gasteiger partial charge is 0.443 e. The smallest absolute Gasteiger partial charge is 0.417 e. The highest BCUT2D eigenvalue weighted by molar-refractivity contribution is 6.35. The number of nitrogens with zero attached hydrogens (tertiary/aromatic N) is 2. The normalized spacial score (nSPS) is 25.0. The summed E-state index contributed by atoms with van der Waals surface area (Å²) in [4.78, 5) is 55.0. The highest BCUT2D eigenvalue weighted by atomic mass is 35.5. The second-order valence-electron chi connectivity index (χ2n) is 19.5. The summed E-state index contributed by atoms with van der Waals surface area (Å²) in [6.07, 6.45) is 2.99. The number of carbonyl (C=O) groups excluding carboxylic acids is 4. The molecule has 4 amide bonds. The lowest BCUT2D eigenvalue weighted by atomic mass is 9.64. The van der Waals surface area contributed by atoms with Crippen LogP contribution in [0.25, 0.3) is 0 Å². The Kier molecular flexibility index (Phi) is 14.8. The van der Waals surface area contributed by atoms with Gasteiger partial charge in [0.2, 0.25) is 11.8 Å². The van der Waals surface area contributed by atoms with Crippen LogP contribution in [0, 0.1) is 23.7 Å². The molecule has 0 radical (unpaired) electrons. The predicted molar refractivity (Wildman–Crippen MR) is 264 cm³/mol. The highest BCUT2D eigenvalue weighted by Gasteiger charge is 2.54. The number of halogens is 6. The Labute approximate surface area is 417 Å². The molecule has 4 aromatic rings. The second kappa shape index (κ2) is 19.5. The van der Waals surface area contributed by atoms with Crippen molar-refractivity contribution < 1.29 is 28.7 Å². The molecule has 8 rings (SSSR count). The summed E-state index contributed by atoms with van der Waals surface area (Å²) >= 11 is 37.9. The average Bonchev–Trinajstić information content (AvgIpc) is 3.75. The Morgan fingerprint density at radius 1 is 0.515 bits per heavy atom. The minimum absolute atomic E-state index is 0.0916. The maximum absolute atomic E-state index is 13.4. The highest BCUT2D eigenvalue weighted by Crippen LogP contribution is 2.55. The van der Waals surface area contributed by atoms with Crippen LogP contribution in [0.1, 0.15) is 101 Å². The molecule has 2 fully saturated rings. The molecule has 0 unspecified atom stereocenters. The van der Waals surface area contributed by atoms with Crippen molar-refractivity contribution in [2.24, 2.45) is 23.7 Å². The van der Waals surface area contributed by atoms with Crippen molar-refractivity contribution >= 4 is 93.6 Å². The number of hydrogen-bond donors (Lipinski definition) is 0.